The first kappa shape index (κ1) is 7.89. The van der Waals surface area contributed by atoms with Crippen LogP contribution in [0.3, 0.4) is 0 Å². The van der Waals surface area contributed by atoms with Crippen LogP contribution in [0.15, 0.2) is 0 Å². The molecule has 0 amide bonds. The van der Waals surface area contributed by atoms with Crippen molar-refractivity contribution >= 4 is 0 Å². The van der Waals surface area contributed by atoms with E-state index in [4.69, 9.17) is 5.11 Å². The highest BCUT2D eigenvalue weighted by Crippen LogP contribution is 2.21. The molecule has 1 N–H and O–H groups in total. The largest absolute Gasteiger partial charge is 0.396 e. The second-order valence-corrected chi connectivity index (χ2v) is 2.76. The molecule has 8 heavy (non-hydrogen) atoms. The molecule has 0 aliphatic carbocycles. The number of hydrogen-bond acceptors (Lipinski definition) is 1. The van der Waals surface area contributed by atoms with Gasteiger partial charge in [-0.15, -0.1) is 0 Å². The van der Waals surface area contributed by atoms with Gasteiger partial charge in [0.15, 0.2) is 0 Å². The van der Waals surface area contributed by atoms with Gasteiger partial charge >= 0.3 is 0 Å². The van der Waals surface area contributed by atoms with Crippen molar-refractivity contribution in [3.63, 3.8) is 0 Å². The molecule has 1 atom stereocenters. The second-order valence-electron chi connectivity index (χ2n) is 2.76. The normalized spacial score (nSPS) is 16.1. The Bertz CT molecular complexity index is 68.9. The molecule has 0 bridgehead atoms. The first-order valence-electron chi connectivity index (χ1n) is 2.75. The summed E-state index contributed by atoms with van der Waals surface area (Å²) in [7, 11) is 0. The van der Waals surface area contributed by atoms with Gasteiger partial charge in [0.25, 0.3) is 0 Å². The predicted molar refractivity (Wildman–Crippen MR) is 31.4 cm³/mol. The highest BCUT2D eigenvalue weighted by atomic mass is 19.1. The molecule has 1 unspecified atom stereocenters. The molecular formula is C6H13FO. The van der Waals surface area contributed by atoms with Crippen molar-refractivity contribution in [1.29, 1.82) is 0 Å². The van der Waals surface area contributed by atoms with Crippen LogP contribution in [0.2, 0.25) is 0 Å². The summed E-state index contributed by atoms with van der Waals surface area (Å²) >= 11 is 0. The molecule has 2 heteroatoms. The zero-order chi connectivity index (χ0) is 6.78. The van der Waals surface area contributed by atoms with Crippen LogP contribution >= 0.6 is 0 Å². The minimum atomic E-state index is -0.938. The first-order chi connectivity index (χ1) is 3.50. The second kappa shape index (κ2) is 2.44. The van der Waals surface area contributed by atoms with Crippen LogP contribution in [0.25, 0.3) is 0 Å². The van der Waals surface area contributed by atoms with E-state index in [0.29, 0.717) is 0 Å². The summed E-state index contributed by atoms with van der Waals surface area (Å²) in [4.78, 5) is 0. The van der Waals surface area contributed by atoms with E-state index in [-0.39, 0.29) is 6.61 Å². The Morgan fingerprint density at radius 1 is 1.62 bits per heavy atom. The van der Waals surface area contributed by atoms with Gasteiger partial charge in [-0.3, -0.25) is 0 Å². The molecule has 0 aromatic carbocycles. The minimum absolute atomic E-state index is 0.0926. The highest BCUT2D eigenvalue weighted by molar-refractivity contribution is 4.72. The zero-order valence-corrected chi connectivity index (χ0v) is 5.61. The van der Waals surface area contributed by atoms with E-state index in [1.165, 1.54) is 6.92 Å². The Labute approximate surface area is 49.5 Å². The van der Waals surface area contributed by atoms with Crippen LogP contribution < -0.4 is 0 Å². The lowest BCUT2D eigenvalue weighted by Gasteiger charge is -2.22. The Morgan fingerprint density at radius 2 is 2.00 bits per heavy atom. The van der Waals surface area contributed by atoms with E-state index in [1.54, 1.807) is 13.8 Å². The molecule has 0 aliphatic heterocycles. The number of aliphatic hydroxyl groups is 1. The highest BCUT2D eigenvalue weighted by Gasteiger charge is 2.23. The number of rotatable bonds is 2. The van der Waals surface area contributed by atoms with E-state index in [2.05, 4.69) is 0 Å². The van der Waals surface area contributed by atoms with Crippen LogP contribution in [0.5, 0.6) is 0 Å². The lowest BCUT2D eigenvalue weighted by molar-refractivity contribution is 0.0774. The maximum absolute atomic E-state index is 12.3. The third-order valence-corrected chi connectivity index (χ3v) is 1.48. The molecule has 50 valence electrons. The van der Waals surface area contributed by atoms with Gasteiger partial charge in [0, 0.05) is 5.41 Å². The molecular weight excluding hydrogens is 107 g/mol. The van der Waals surface area contributed by atoms with E-state index >= 15 is 0 Å². The fraction of sp³-hybridized carbons (Fsp3) is 1.00. The van der Waals surface area contributed by atoms with Gasteiger partial charge in [0.2, 0.25) is 0 Å². The summed E-state index contributed by atoms with van der Waals surface area (Å²) in [5.41, 5.74) is -0.569. The van der Waals surface area contributed by atoms with E-state index in [0.717, 1.165) is 0 Å². The fourth-order valence-corrected chi connectivity index (χ4v) is 0.126. The van der Waals surface area contributed by atoms with Gasteiger partial charge in [0.1, 0.15) is 6.17 Å². The standard InChI is InChI=1S/C6H13FO/c1-5(7)6(2,3)4-8/h5,8H,4H2,1-3H3. The lowest BCUT2D eigenvalue weighted by Crippen LogP contribution is -2.26. The van der Waals surface area contributed by atoms with Gasteiger partial charge in [-0.2, -0.15) is 0 Å². The summed E-state index contributed by atoms with van der Waals surface area (Å²) in [6, 6.07) is 0. The Hall–Kier alpha value is -0.110. The maximum atomic E-state index is 12.3. The summed E-state index contributed by atoms with van der Waals surface area (Å²) in [5, 5.41) is 8.52. The molecule has 0 radical (unpaired) electrons. The van der Waals surface area contributed by atoms with Crippen molar-refractivity contribution in [3.05, 3.63) is 0 Å². The number of halogens is 1. The summed E-state index contributed by atoms with van der Waals surface area (Å²) in [6.07, 6.45) is -0.938. The number of aliphatic hydroxyl groups excluding tert-OH is 1. The van der Waals surface area contributed by atoms with Crippen LogP contribution in [0.1, 0.15) is 20.8 Å². The van der Waals surface area contributed by atoms with Gasteiger partial charge < -0.3 is 5.11 Å². The van der Waals surface area contributed by atoms with Crippen LogP contribution in [0, 0.1) is 5.41 Å². The van der Waals surface area contributed by atoms with Gasteiger partial charge in [-0.05, 0) is 6.92 Å². The van der Waals surface area contributed by atoms with E-state index < -0.39 is 11.6 Å². The Kier molecular flexibility index (Phi) is 2.41. The third-order valence-electron chi connectivity index (χ3n) is 1.48. The first-order valence-corrected chi connectivity index (χ1v) is 2.75. The maximum Gasteiger partial charge on any atom is 0.105 e. The predicted octanol–water partition coefficient (Wildman–Crippen LogP) is 1.36. The van der Waals surface area contributed by atoms with Crippen LogP contribution in [-0.2, 0) is 0 Å². The third kappa shape index (κ3) is 1.78. The van der Waals surface area contributed by atoms with Gasteiger partial charge in [-0.25, -0.2) is 4.39 Å². The molecule has 1 nitrogen and oxygen atoms in total. The van der Waals surface area contributed by atoms with Gasteiger partial charge in [-0.1, -0.05) is 13.8 Å². The fourth-order valence-electron chi connectivity index (χ4n) is 0.126. The summed E-state index contributed by atoms with van der Waals surface area (Å²) in [5.74, 6) is 0. The molecule has 0 heterocycles. The topological polar surface area (TPSA) is 20.2 Å². The lowest BCUT2D eigenvalue weighted by atomic mass is 9.90. The zero-order valence-electron chi connectivity index (χ0n) is 5.61. The van der Waals surface area contributed by atoms with Crippen molar-refractivity contribution < 1.29 is 9.50 Å². The molecule has 0 fully saturated rings. The molecule has 0 aromatic rings. The van der Waals surface area contributed by atoms with Crippen molar-refractivity contribution in [2.75, 3.05) is 6.61 Å². The van der Waals surface area contributed by atoms with Crippen molar-refractivity contribution in [1.82, 2.24) is 0 Å². The van der Waals surface area contributed by atoms with Crippen molar-refractivity contribution in [2.45, 2.75) is 26.9 Å². The Balaban J connectivity index is 3.71. The van der Waals surface area contributed by atoms with E-state index in [1.807, 2.05) is 0 Å². The Morgan fingerprint density at radius 3 is 2.00 bits per heavy atom. The van der Waals surface area contributed by atoms with E-state index in [9.17, 15) is 4.39 Å². The minimum Gasteiger partial charge on any atom is -0.396 e. The smallest absolute Gasteiger partial charge is 0.105 e. The number of hydrogen-bond donors (Lipinski definition) is 1. The average molecular weight is 120 g/mol. The molecule has 0 aliphatic rings. The summed E-state index contributed by atoms with van der Waals surface area (Å²) < 4.78 is 12.3. The van der Waals surface area contributed by atoms with Crippen LogP contribution in [0.4, 0.5) is 4.39 Å². The van der Waals surface area contributed by atoms with Crippen LogP contribution in [-0.4, -0.2) is 17.9 Å². The summed E-state index contributed by atoms with van der Waals surface area (Å²) in [6.45, 7) is 4.75. The SMILES string of the molecule is CC(F)C(C)(C)CO. The average Bonchev–Trinajstić information content (AvgIpc) is 1.67. The molecule has 0 aromatic heterocycles. The van der Waals surface area contributed by atoms with Crippen molar-refractivity contribution in [2.24, 2.45) is 5.41 Å². The van der Waals surface area contributed by atoms with Gasteiger partial charge in [0.05, 0.1) is 6.61 Å². The molecule has 0 saturated heterocycles. The monoisotopic (exact) mass is 120 g/mol. The number of alkyl halides is 1. The van der Waals surface area contributed by atoms with Crippen molar-refractivity contribution in [3.8, 4) is 0 Å². The molecule has 0 saturated carbocycles. The molecule has 0 rings (SSSR count). The quantitative estimate of drug-likeness (QED) is 0.583. The molecule has 0 spiro atoms.